The zero-order chi connectivity index (χ0) is 20.0. The smallest absolute Gasteiger partial charge is 0.166 e. The Hall–Kier alpha value is -1.32. The molecule has 1 fully saturated rings. The van der Waals surface area contributed by atoms with E-state index in [1.807, 2.05) is 13.1 Å². The van der Waals surface area contributed by atoms with Crippen LogP contribution in [-0.2, 0) is 31.8 Å². The fraction of sp³-hybridized carbons (Fsp3) is 0.722. The van der Waals surface area contributed by atoms with Gasteiger partial charge >= 0.3 is 0 Å². The Labute approximate surface area is 165 Å². The average Bonchev–Trinajstić information content (AvgIpc) is 3.22. The normalized spacial score (nSPS) is 17.4. The number of ether oxygens (including phenoxy) is 1. The highest BCUT2D eigenvalue weighted by atomic mass is 32.2. The summed E-state index contributed by atoms with van der Waals surface area (Å²) in [6.07, 6.45) is 1.07. The van der Waals surface area contributed by atoms with Gasteiger partial charge in [-0.2, -0.15) is 5.10 Å². The van der Waals surface area contributed by atoms with E-state index >= 15 is 0 Å². The molecule has 0 N–H and O–H groups in total. The minimum Gasteiger partial charge on any atom is -0.381 e. The Morgan fingerprint density at radius 1 is 1.15 bits per heavy atom. The maximum Gasteiger partial charge on any atom is 0.166 e. The Bertz CT molecular complexity index is 917. The number of aryl methyl sites for hydroxylation is 1. The molecular weight excluding hydrogens is 384 g/mol. The van der Waals surface area contributed by atoms with Crippen molar-refractivity contribution in [2.24, 2.45) is 7.05 Å². The predicted octanol–water partition coefficient (Wildman–Crippen LogP) is 3.07. The van der Waals surface area contributed by atoms with Gasteiger partial charge in [0.05, 0.1) is 16.6 Å². The third-order valence-corrected chi connectivity index (χ3v) is 9.49. The summed E-state index contributed by atoms with van der Waals surface area (Å²) in [6.45, 7) is 10.8. The standard InChI is InChI=1S/C18H28N4O3S2/c1-17(2,3)14-11-13(22(6)21-14)15-19-20-16(26-15)18(4,5)27(23,24)12-7-9-25-10-8-12/h11-12H,7-10H2,1-6H3. The second-order valence-electron chi connectivity index (χ2n) is 8.57. The summed E-state index contributed by atoms with van der Waals surface area (Å²) < 4.78 is 32.5. The molecule has 9 heteroatoms. The van der Waals surface area contributed by atoms with Crippen molar-refractivity contribution in [3.63, 3.8) is 0 Å². The first-order chi connectivity index (χ1) is 12.4. The fourth-order valence-electron chi connectivity index (χ4n) is 3.13. The van der Waals surface area contributed by atoms with E-state index in [0.29, 0.717) is 36.1 Å². The highest BCUT2D eigenvalue weighted by Crippen LogP contribution is 2.39. The van der Waals surface area contributed by atoms with Crippen molar-refractivity contribution in [3.8, 4) is 10.7 Å². The Balaban J connectivity index is 1.94. The van der Waals surface area contributed by atoms with Gasteiger partial charge in [0.2, 0.25) is 0 Å². The Kier molecular flexibility index (Phi) is 5.24. The van der Waals surface area contributed by atoms with E-state index in [9.17, 15) is 8.42 Å². The van der Waals surface area contributed by atoms with Gasteiger partial charge in [0.1, 0.15) is 9.75 Å². The van der Waals surface area contributed by atoms with Crippen molar-refractivity contribution in [1.29, 1.82) is 0 Å². The maximum absolute atomic E-state index is 13.2. The summed E-state index contributed by atoms with van der Waals surface area (Å²) >= 11 is 1.33. The predicted molar refractivity (Wildman–Crippen MR) is 107 cm³/mol. The first-order valence-electron chi connectivity index (χ1n) is 9.14. The zero-order valence-electron chi connectivity index (χ0n) is 16.8. The second-order valence-corrected chi connectivity index (χ2v) is 12.3. The molecule has 0 radical (unpaired) electrons. The third-order valence-electron chi connectivity index (χ3n) is 5.13. The molecule has 0 aromatic carbocycles. The van der Waals surface area contributed by atoms with Crippen LogP contribution in [-0.4, -0.2) is 46.9 Å². The Morgan fingerprint density at radius 2 is 1.78 bits per heavy atom. The molecule has 2 aromatic heterocycles. The highest BCUT2D eigenvalue weighted by molar-refractivity contribution is 7.93. The average molecular weight is 413 g/mol. The van der Waals surface area contributed by atoms with Gasteiger partial charge < -0.3 is 4.74 Å². The van der Waals surface area contributed by atoms with Crippen molar-refractivity contribution >= 4 is 21.2 Å². The lowest BCUT2D eigenvalue weighted by atomic mass is 9.92. The van der Waals surface area contributed by atoms with Crippen molar-refractivity contribution in [2.45, 2.75) is 62.9 Å². The van der Waals surface area contributed by atoms with Crippen LogP contribution in [0.25, 0.3) is 10.7 Å². The van der Waals surface area contributed by atoms with Crippen molar-refractivity contribution < 1.29 is 13.2 Å². The van der Waals surface area contributed by atoms with Crippen LogP contribution in [0.3, 0.4) is 0 Å². The van der Waals surface area contributed by atoms with Crippen LogP contribution in [0.1, 0.15) is 58.2 Å². The summed E-state index contributed by atoms with van der Waals surface area (Å²) in [7, 11) is -1.54. The SMILES string of the molecule is Cn1nc(C(C)(C)C)cc1-c1nnc(C(C)(C)S(=O)(=O)C2CCOCC2)s1. The minimum absolute atomic E-state index is 0.0742. The molecule has 150 valence electrons. The molecule has 2 aromatic rings. The fourth-order valence-corrected chi connectivity index (χ4v) is 6.42. The van der Waals surface area contributed by atoms with E-state index in [4.69, 9.17) is 4.74 Å². The van der Waals surface area contributed by atoms with Gasteiger partial charge in [0.15, 0.2) is 14.8 Å². The van der Waals surface area contributed by atoms with Crippen LogP contribution >= 0.6 is 11.3 Å². The number of aromatic nitrogens is 4. The summed E-state index contributed by atoms with van der Waals surface area (Å²) in [5.74, 6) is 0. The van der Waals surface area contributed by atoms with E-state index in [1.54, 1.807) is 18.5 Å². The number of nitrogens with zero attached hydrogens (tertiary/aromatic N) is 4. The largest absolute Gasteiger partial charge is 0.381 e. The van der Waals surface area contributed by atoms with E-state index < -0.39 is 19.8 Å². The van der Waals surface area contributed by atoms with Gasteiger partial charge in [-0.05, 0) is 32.8 Å². The molecule has 27 heavy (non-hydrogen) atoms. The molecule has 3 rings (SSSR count). The van der Waals surface area contributed by atoms with E-state index in [2.05, 4.69) is 36.1 Å². The van der Waals surface area contributed by atoms with Crippen LogP contribution in [0.15, 0.2) is 6.07 Å². The van der Waals surface area contributed by atoms with Crippen LogP contribution in [0, 0.1) is 0 Å². The molecule has 3 heterocycles. The summed E-state index contributed by atoms with van der Waals surface area (Å²) in [5.41, 5.74) is 1.74. The summed E-state index contributed by atoms with van der Waals surface area (Å²) in [5, 5.41) is 13.9. The molecule has 0 atom stereocenters. The topological polar surface area (TPSA) is 87.0 Å². The van der Waals surface area contributed by atoms with Crippen LogP contribution in [0.4, 0.5) is 0 Å². The molecule has 0 saturated carbocycles. The number of sulfone groups is 1. The van der Waals surface area contributed by atoms with Crippen molar-refractivity contribution in [3.05, 3.63) is 16.8 Å². The van der Waals surface area contributed by atoms with Crippen LogP contribution < -0.4 is 0 Å². The van der Waals surface area contributed by atoms with Crippen LogP contribution in [0.2, 0.25) is 0 Å². The third kappa shape index (κ3) is 3.69. The van der Waals surface area contributed by atoms with Crippen LogP contribution in [0.5, 0.6) is 0 Å². The molecule has 0 spiro atoms. The molecule has 1 saturated heterocycles. The number of rotatable bonds is 4. The lowest BCUT2D eigenvalue weighted by molar-refractivity contribution is 0.0979. The van der Waals surface area contributed by atoms with E-state index in [0.717, 1.165) is 11.4 Å². The molecule has 0 bridgehead atoms. The molecule has 1 aliphatic rings. The number of hydrogen-bond acceptors (Lipinski definition) is 7. The Morgan fingerprint density at radius 3 is 2.33 bits per heavy atom. The molecule has 0 aliphatic carbocycles. The maximum atomic E-state index is 13.2. The van der Waals surface area contributed by atoms with Crippen molar-refractivity contribution in [2.75, 3.05) is 13.2 Å². The summed E-state index contributed by atoms with van der Waals surface area (Å²) in [4.78, 5) is 0. The second kappa shape index (κ2) is 6.93. The molecular formula is C18H28N4O3S2. The zero-order valence-corrected chi connectivity index (χ0v) is 18.4. The molecule has 0 unspecified atom stereocenters. The monoisotopic (exact) mass is 412 g/mol. The van der Waals surface area contributed by atoms with Crippen molar-refractivity contribution in [1.82, 2.24) is 20.0 Å². The first-order valence-corrected chi connectivity index (χ1v) is 11.5. The van der Waals surface area contributed by atoms with Gasteiger partial charge in [0.25, 0.3) is 0 Å². The summed E-state index contributed by atoms with van der Waals surface area (Å²) in [6, 6.07) is 2.00. The molecule has 1 aliphatic heterocycles. The lowest BCUT2D eigenvalue weighted by Gasteiger charge is -2.30. The highest BCUT2D eigenvalue weighted by Gasteiger charge is 2.45. The van der Waals surface area contributed by atoms with Gasteiger partial charge in [-0.25, -0.2) is 8.42 Å². The van der Waals surface area contributed by atoms with Gasteiger partial charge in [-0.15, -0.1) is 10.2 Å². The molecule has 0 amide bonds. The van der Waals surface area contributed by atoms with E-state index in [-0.39, 0.29) is 5.41 Å². The first kappa shape index (κ1) is 20.4. The van der Waals surface area contributed by atoms with Gasteiger partial charge in [-0.1, -0.05) is 32.1 Å². The van der Waals surface area contributed by atoms with Gasteiger partial charge in [-0.3, -0.25) is 4.68 Å². The quantitative estimate of drug-likeness (QED) is 0.767. The number of hydrogen-bond donors (Lipinski definition) is 0. The van der Waals surface area contributed by atoms with E-state index in [1.165, 1.54) is 11.3 Å². The molecule has 7 nitrogen and oxygen atoms in total. The lowest BCUT2D eigenvalue weighted by Crippen LogP contribution is -2.40. The van der Waals surface area contributed by atoms with Gasteiger partial charge in [0, 0.05) is 25.7 Å². The minimum atomic E-state index is -3.41.